The van der Waals surface area contributed by atoms with Gasteiger partial charge < -0.3 is 4.57 Å². The Kier molecular flexibility index (Phi) is 3.97. The quantitative estimate of drug-likeness (QED) is 0.644. The molecule has 0 radical (unpaired) electrons. The standard InChI is InChI=1S/C22H24N2/c1-22(18-8-4-2-5-9-18,19-10-6-3-7-11-19)20-12-13-21(16-20)24-15-14-23-17-24/h2-11,14-15,17,20-21H,12-13,16H2,1H3. The van der Waals surface area contributed by atoms with Gasteiger partial charge in [0.15, 0.2) is 0 Å². The fourth-order valence-corrected chi connectivity index (χ4v) is 4.45. The van der Waals surface area contributed by atoms with E-state index in [1.54, 1.807) is 0 Å². The van der Waals surface area contributed by atoms with Crippen LogP contribution in [0.2, 0.25) is 0 Å². The van der Waals surface area contributed by atoms with Crippen LogP contribution in [0.25, 0.3) is 0 Å². The molecular formula is C22H24N2. The van der Waals surface area contributed by atoms with Crippen molar-refractivity contribution in [2.45, 2.75) is 37.6 Å². The molecule has 2 aromatic carbocycles. The largest absolute Gasteiger partial charge is 0.334 e. The molecule has 0 bridgehead atoms. The van der Waals surface area contributed by atoms with Crippen LogP contribution in [-0.2, 0) is 5.41 Å². The predicted octanol–water partition coefficient (Wildman–Crippen LogP) is 5.23. The van der Waals surface area contributed by atoms with Gasteiger partial charge in [0.2, 0.25) is 0 Å². The highest BCUT2D eigenvalue weighted by atomic mass is 15.1. The summed E-state index contributed by atoms with van der Waals surface area (Å²) in [6.45, 7) is 2.43. The molecule has 4 rings (SSSR count). The zero-order chi connectivity index (χ0) is 16.4. The Labute approximate surface area is 144 Å². The minimum atomic E-state index is 0.0534. The van der Waals surface area contributed by atoms with Gasteiger partial charge in [0, 0.05) is 23.9 Å². The van der Waals surface area contributed by atoms with Gasteiger partial charge in [0.25, 0.3) is 0 Å². The highest BCUT2D eigenvalue weighted by molar-refractivity contribution is 5.39. The third-order valence-electron chi connectivity index (χ3n) is 5.91. The van der Waals surface area contributed by atoms with Gasteiger partial charge in [-0.15, -0.1) is 0 Å². The van der Waals surface area contributed by atoms with Crippen molar-refractivity contribution in [2.24, 2.45) is 5.92 Å². The van der Waals surface area contributed by atoms with E-state index in [0.29, 0.717) is 12.0 Å². The van der Waals surface area contributed by atoms with E-state index in [1.165, 1.54) is 30.4 Å². The van der Waals surface area contributed by atoms with Crippen molar-refractivity contribution in [3.8, 4) is 0 Å². The molecule has 2 unspecified atom stereocenters. The van der Waals surface area contributed by atoms with Gasteiger partial charge in [-0.1, -0.05) is 67.6 Å². The van der Waals surface area contributed by atoms with Crippen LogP contribution in [0.4, 0.5) is 0 Å². The van der Waals surface area contributed by atoms with Gasteiger partial charge in [-0.3, -0.25) is 0 Å². The van der Waals surface area contributed by atoms with Gasteiger partial charge in [-0.05, 0) is 36.3 Å². The number of imidazole rings is 1. The van der Waals surface area contributed by atoms with E-state index in [0.717, 1.165) is 0 Å². The lowest BCUT2D eigenvalue weighted by atomic mass is 9.66. The Morgan fingerprint density at radius 2 is 1.54 bits per heavy atom. The summed E-state index contributed by atoms with van der Waals surface area (Å²) in [5.74, 6) is 0.634. The second-order valence-corrected chi connectivity index (χ2v) is 7.11. The smallest absolute Gasteiger partial charge is 0.0948 e. The first-order chi connectivity index (χ1) is 11.8. The molecule has 2 atom stereocenters. The minimum Gasteiger partial charge on any atom is -0.334 e. The van der Waals surface area contributed by atoms with E-state index in [9.17, 15) is 0 Å². The van der Waals surface area contributed by atoms with Crippen LogP contribution in [0, 0.1) is 5.92 Å². The van der Waals surface area contributed by atoms with E-state index < -0.39 is 0 Å². The zero-order valence-corrected chi connectivity index (χ0v) is 14.2. The first kappa shape index (κ1) is 15.2. The molecule has 2 heteroatoms. The van der Waals surface area contributed by atoms with Crippen molar-refractivity contribution in [3.05, 3.63) is 90.5 Å². The van der Waals surface area contributed by atoms with Gasteiger partial charge in [0.1, 0.15) is 0 Å². The van der Waals surface area contributed by atoms with Crippen LogP contribution >= 0.6 is 0 Å². The highest BCUT2D eigenvalue weighted by Crippen LogP contribution is 2.49. The molecule has 1 aromatic heterocycles. The molecule has 1 aliphatic carbocycles. The number of benzene rings is 2. The van der Waals surface area contributed by atoms with Crippen LogP contribution in [0.3, 0.4) is 0 Å². The summed E-state index contributed by atoms with van der Waals surface area (Å²) in [5.41, 5.74) is 2.90. The topological polar surface area (TPSA) is 17.8 Å². The second-order valence-electron chi connectivity index (χ2n) is 7.11. The highest BCUT2D eigenvalue weighted by Gasteiger charge is 2.41. The molecule has 1 aliphatic rings. The summed E-state index contributed by atoms with van der Waals surface area (Å²) in [6.07, 6.45) is 9.65. The van der Waals surface area contributed by atoms with Gasteiger partial charge in [-0.25, -0.2) is 4.98 Å². The minimum absolute atomic E-state index is 0.0534. The van der Waals surface area contributed by atoms with Crippen molar-refractivity contribution < 1.29 is 0 Å². The molecule has 0 amide bonds. The summed E-state index contributed by atoms with van der Waals surface area (Å²) in [7, 11) is 0. The fraction of sp³-hybridized carbons (Fsp3) is 0.318. The average molecular weight is 316 g/mol. The van der Waals surface area contributed by atoms with E-state index >= 15 is 0 Å². The molecule has 0 aliphatic heterocycles. The molecule has 0 spiro atoms. The molecule has 122 valence electrons. The van der Waals surface area contributed by atoms with Gasteiger partial charge in [-0.2, -0.15) is 0 Å². The Morgan fingerprint density at radius 1 is 0.917 bits per heavy atom. The van der Waals surface area contributed by atoms with Crippen LogP contribution in [-0.4, -0.2) is 9.55 Å². The van der Waals surface area contributed by atoms with Crippen LogP contribution in [0.5, 0.6) is 0 Å². The van der Waals surface area contributed by atoms with Crippen molar-refractivity contribution in [2.75, 3.05) is 0 Å². The number of aromatic nitrogens is 2. The molecular weight excluding hydrogens is 292 g/mol. The maximum absolute atomic E-state index is 4.23. The third-order valence-corrected chi connectivity index (χ3v) is 5.91. The Hall–Kier alpha value is -2.35. The number of rotatable bonds is 4. The SMILES string of the molecule is CC(c1ccccc1)(c1ccccc1)C1CCC(n2ccnc2)C1. The van der Waals surface area contributed by atoms with Crippen molar-refractivity contribution in [1.82, 2.24) is 9.55 Å². The van der Waals surface area contributed by atoms with Crippen molar-refractivity contribution >= 4 is 0 Å². The zero-order valence-electron chi connectivity index (χ0n) is 14.2. The maximum Gasteiger partial charge on any atom is 0.0948 e. The van der Waals surface area contributed by atoms with Gasteiger partial charge in [0.05, 0.1) is 6.33 Å². The molecule has 1 fully saturated rings. The summed E-state index contributed by atoms with van der Waals surface area (Å²) in [4.78, 5) is 4.23. The van der Waals surface area contributed by atoms with Crippen LogP contribution in [0.1, 0.15) is 43.4 Å². The number of hydrogen-bond donors (Lipinski definition) is 0. The molecule has 1 saturated carbocycles. The number of hydrogen-bond acceptors (Lipinski definition) is 1. The molecule has 24 heavy (non-hydrogen) atoms. The molecule has 3 aromatic rings. The molecule has 1 heterocycles. The van der Waals surface area contributed by atoms with Crippen molar-refractivity contribution in [1.29, 1.82) is 0 Å². The lowest BCUT2D eigenvalue weighted by molar-refractivity contribution is 0.339. The monoisotopic (exact) mass is 316 g/mol. The first-order valence-corrected chi connectivity index (χ1v) is 8.87. The summed E-state index contributed by atoms with van der Waals surface area (Å²) in [6, 6.07) is 22.6. The molecule has 2 nitrogen and oxygen atoms in total. The Morgan fingerprint density at radius 3 is 2.08 bits per heavy atom. The Balaban J connectivity index is 1.72. The normalized spacial score (nSPS) is 21.0. The summed E-state index contributed by atoms with van der Waals surface area (Å²) in [5, 5.41) is 0. The predicted molar refractivity (Wildman–Crippen MR) is 97.9 cm³/mol. The van der Waals surface area contributed by atoms with Crippen molar-refractivity contribution in [3.63, 3.8) is 0 Å². The van der Waals surface area contributed by atoms with E-state index in [4.69, 9.17) is 0 Å². The van der Waals surface area contributed by atoms with Gasteiger partial charge >= 0.3 is 0 Å². The Bertz CT molecular complexity index is 723. The number of nitrogens with zero attached hydrogens (tertiary/aromatic N) is 2. The van der Waals surface area contributed by atoms with E-state index in [-0.39, 0.29) is 5.41 Å². The lowest BCUT2D eigenvalue weighted by Gasteiger charge is -2.37. The third kappa shape index (κ3) is 2.56. The van der Waals surface area contributed by atoms with E-state index in [1.807, 2.05) is 12.5 Å². The molecule has 0 N–H and O–H groups in total. The van der Waals surface area contributed by atoms with Crippen LogP contribution in [0.15, 0.2) is 79.4 Å². The lowest BCUT2D eigenvalue weighted by Crippen LogP contribution is -2.32. The first-order valence-electron chi connectivity index (χ1n) is 8.87. The maximum atomic E-state index is 4.23. The second kappa shape index (κ2) is 6.27. The van der Waals surface area contributed by atoms with Crippen LogP contribution < -0.4 is 0 Å². The van der Waals surface area contributed by atoms with E-state index in [2.05, 4.69) is 83.3 Å². The summed E-state index contributed by atoms with van der Waals surface area (Å²) >= 11 is 0. The summed E-state index contributed by atoms with van der Waals surface area (Å²) < 4.78 is 2.29. The average Bonchev–Trinajstić information content (AvgIpc) is 3.34. The molecule has 0 saturated heterocycles. The fourth-order valence-electron chi connectivity index (χ4n) is 4.45.